The van der Waals surface area contributed by atoms with E-state index in [1.165, 1.54) is 13.2 Å². The maximum absolute atomic E-state index is 10.7. The topological polar surface area (TPSA) is 77.4 Å². The van der Waals surface area contributed by atoms with E-state index < -0.39 is 12.2 Å². The van der Waals surface area contributed by atoms with Crippen molar-refractivity contribution in [2.24, 2.45) is 0 Å². The summed E-state index contributed by atoms with van der Waals surface area (Å²) in [6, 6.07) is 8.35. The summed E-state index contributed by atoms with van der Waals surface area (Å²) < 4.78 is 22.0. The summed E-state index contributed by atoms with van der Waals surface area (Å²) in [5.41, 5.74) is 1.53. The lowest BCUT2D eigenvalue weighted by molar-refractivity contribution is 0.0433. The SMILES string of the molecule is C=CCc1cc(OC)c(O[C@@H](C)[C@H](O)c2ccc(O)c(OC)c2)c(OC)c1. The van der Waals surface area contributed by atoms with E-state index in [2.05, 4.69) is 6.58 Å². The Morgan fingerprint density at radius 2 is 1.59 bits per heavy atom. The fourth-order valence-corrected chi connectivity index (χ4v) is 2.73. The molecule has 0 amide bonds. The molecule has 0 saturated heterocycles. The molecule has 2 rings (SSSR count). The third-order valence-corrected chi connectivity index (χ3v) is 4.19. The fourth-order valence-electron chi connectivity index (χ4n) is 2.73. The number of methoxy groups -OCH3 is 3. The summed E-state index contributed by atoms with van der Waals surface area (Å²) in [5, 5.41) is 20.4. The fraction of sp³-hybridized carbons (Fsp3) is 0.333. The van der Waals surface area contributed by atoms with Crippen molar-refractivity contribution in [3.8, 4) is 28.7 Å². The molecule has 0 aliphatic carbocycles. The molecule has 146 valence electrons. The number of phenolic OH excluding ortho intramolecular Hbond substituents is 1. The molecule has 2 N–H and O–H groups in total. The minimum Gasteiger partial charge on any atom is -0.504 e. The summed E-state index contributed by atoms with van der Waals surface area (Å²) in [6.07, 6.45) is 0.881. The predicted molar refractivity (Wildman–Crippen MR) is 103 cm³/mol. The summed E-state index contributed by atoms with van der Waals surface area (Å²) in [7, 11) is 4.54. The molecular formula is C21H26O6. The highest BCUT2D eigenvalue weighted by atomic mass is 16.5. The van der Waals surface area contributed by atoms with Gasteiger partial charge in [-0.05, 0) is 48.7 Å². The first-order valence-corrected chi connectivity index (χ1v) is 8.52. The smallest absolute Gasteiger partial charge is 0.203 e. The van der Waals surface area contributed by atoms with Gasteiger partial charge in [-0.1, -0.05) is 12.1 Å². The average Bonchev–Trinajstić information content (AvgIpc) is 2.68. The first kappa shape index (κ1) is 20.5. The van der Waals surface area contributed by atoms with E-state index in [-0.39, 0.29) is 11.5 Å². The van der Waals surface area contributed by atoms with Crippen LogP contribution < -0.4 is 18.9 Å². The number of aliphatic hydroxyl groups is 1. The molecule has 0 unspecified atom stereocenters. The summed E-state index contributed by atoms with van der Waals surface area (Å²) in [6.45, 7) is 5.48. The van der Waals surface area contributed by atoms with Crippen LogP contribution >= 0.6 is 0 Å². The Labute approximate surface area is 159 Å². The van der Waals surface area contributed by atoms with E-state index >= 15 is 0 Å². The number of ether oxygens (including phenoxy) is 4. The first-order chi connectivity index (χ1) is 12.9. The highest BCUT2D eigenvalue weighted by molar-refractivity contribution is 5.54. The van der Waals surface area contributed by atoms with Crippen LogP contribution in [0, 0.1) is 0 Å². The maximum atomic E-state index is 10.7. The highest BCUT2D eigenvalue weighted by Gasteiger charge is 2.23. The lowest BCUT2D eigenvalue weighted by Crippen LogP contribution is -2.22. The minimum atomic E-state index is -0.957. The molecule has 2 aromatic carbocycles. The van der Waals surface area contributed by atoms with Gasteiger partial charge in [-0.2, -0.15) is 0 Å². The Balaban J connectivity index is 2.30. The number of benzene rings is 2. The Hall–Kier alpha value is -2.86. The second-order valence-corrected chi connectivity index (χ2v) is 6.02. The van der Waals surface area contributed by atoms with Crippen LogP contribution in [0.2, 0.25) is 0 Å². The molecule has 0 aliphatic rings. The Bertz CT molecular complexity index is 761. The second-order valence-electron chi connectivity index (χ2n) is 6.02. The van der Waals surface area contributed by atoms with Gasteiger partial charge in [0.1, 0.15) is 12.2 Å². The second kappa shape index (κ2) is 9.19. The average molecular weight is 374 g/mol. The Kier molecular flexibility index (Phi) is 6.96. The van der Waals surface area contributed by atoms with Crippen LogP contribution in [0.1, 0.15) is 24.2 Å². The normalized spacial score (nSPS) is 12.8. The van der Waals surface area contributed by atoms with Crippen molar-refractivity contribution in [1.29, 1.82) is 0 Å². The van der Waals surface area contributed by atoms with E-state index in [0.717, 1.165) is 5.56 Å². The van der Waals surface area contributed by atoms with Gasteiger partial charge in [0.05, 0.1) is 21.3 Å². The molecule has 0 radical (unpaired) electrons. The number of aromatic hydroxyl groups is 1. The number of phenols is 1. The molecule has 2 aromatic rings. The molecule has 27 heavy (non-hydrogen) atoms. The van der Waals surface area contributed by atoms with E-state index in [4.69, 9.17) is 18.9 Å². The van der Waals surface area contributed by atoms with Crippen LogP contribution in [0.3, 0.4) is 0 Å². The standard InChI is InChI=1S/C21H26O6/c1-6-7-14-10-18(25-4)21(19(11-14)26-5)27-13(2)20(23)15-8-9-16(22)17(12-15)24-3/h6,8-13,20,22-23H,1,7H2,2-5H3/t13-,20-/m0/s1. The van der Waals surface area contributed by atoms with Crippen molar-refractivity contribution < 1.29 is 29.2 Å². The van der Waals surface area contributed by atoms with Gasteiger partial charge in [-0.15, -0.1) is 6.58 Å². The molecule has 0 aromatic heterocycles. The van der Waals surface area contributed by atoms with Gasteiger partial charge in [-0.3, -0.25) is 0 Å². The maximum Gasteiger partial charge on any atom is 0.203 e. The molecule has 0 saturated carbocycles. The van der Waals surface area contributed by atoms with Crippen molar-refractivity contribution >= 4 is 0 Å². The molecule has 0 bridgehead atoms. The quantitative estimate of drug-likeness (QED) is 0.653. The van der Waals surface area contributed by atoms with E-state index in [1.807, 2.05) is 12.1 Å². The van der Waals surface area contributed by atoms with Gasteiger partial charge in [-0.25, -0.2) is 0 Å². The van der Waals surface area contributed by atoms with Crippen LogP contribution in [0.4, 0.5) is 0 Å². The Morgan fingerprint density at radius 1 is 1.00 bits per heavy atom. The molecule has 0 heterocycles. The van der Waals surface area contributed by atoms with E-state index in [9.17, 15) is 10.2 Å². The van der Waals surface area contributed by atoms with Crippen LogP contribution in [-0.2, 0) is 6.42 Å². The number of allylic oxidation sites excluding steroid dienone is 1. The molecule has 6 nitrogen and oxygen atoms in total. The van der Waals surface area contributed by atoms with Crippen LogP contribution in [0.5, 0.6) is 28.7 Å². The summed E-state index contributed by atoms with van der Waals surface area (Å²) in [4.78, 5) is 0. The van der Waals surface area contributed by atoms with Crippen molar-refractivity contribution in [2.75, 3.05) is 21.3 Å². The van der Waals surface area contributed by atoms with Crippen molar-refractivity contribution in [1.82, 2.24) is 0 Å². The van der Waals surface area contributed by atoms with Gasteiger partial charge < -0.3 is 29.2 Å². The highest BCUT2D eigenvalue weighted by Crippen LogP contribution is 2.41. The molecule has 2 atom stereocenters. The number of aliphatic hydroxyl groups excluding tert-OH is 1. The third-order valence-electron chi connectivity index (χ3n) is 4.19. The zero-order chi connectivity index (χ0) is 20.0. The summed E-state index contributed by atoms with van der Waals surface area (Å²) >= 11 is 0. The van der Waals surface area contributed by atoms with Crippen molar-refractivity contribution in [2.45, 2.75) is 25.6 Å². The lowest BCUT2D eigenvalue weighted by atomic mass is 10.0. The third kappa shape index (κ3) is 4.65. The molecule has 6 heteroatoms. The number of hydrogen-bond donors (Lipinski definition) is 2. The molecule has 0 spiro atoms. The monoisotopic (exact) mass is 374 g/mol. The lowest BCUT2D eigenvalue weighted by Gasteiger charge is -2.24. The van der Waals surface area contributed by atoms with Crippen LogP contribution in [0.15, 0.2) is 43.0 Å². The van der Waals surface area contributed by atoms with Gasteiger partial charge in [0.25, 0.3) is 0 Å². The van der Waals surface area contributed by atoms with Gasteiger partial charge in [0, 0.05) is 0 Å². The van der Waals surface area contributed by atoms with Crippen LogP contribution in [-0.4, -0.2) is 37.6 Å². The molecule has 0 aliphatic heterocycles. The van der Waals surface area contributed by atoms with Gasteiger partial charge in [0.15, 0.2) is 23.0 Å². The molecular weight excluding hydrogens is 348 g/mol. The first-order valence-electron chi connectivity index (χ1n) is 8.52. The van der Waals surface area contributed by atoms with Crippen molar-refractivity contribution in [3.05, 3.63) is 54.1 Å². The largest absolute Gasteiger partial charge is 0.504 e. The van der Waals surface area contributed by atoms with Gasteiger partial charge in [0.2, 0.25) is 5.75 Å². The molecule has 0 fully saturated rings. The predicted octanol–water partition coefficient (Wildman–Crippen LogP) is 3.65. The zero-order valence-electron chi connectivity index (χ0n) is 16.1. The van der Waals surface area contributed by atoms with Gasteiger partial charge >= 0.3 is 0 Å². The zero-order valence-corrected chi connectivity index (χ0v) is 16.1. The van der Waals surface area contributed by atoms with Crippen molar-refractivity contribution in [3.63, 3.8) is 0 Å². The number of rotatable bonds is 9. The van der Waals surface area contributed by atoms with E-state index in [1.54, 1.807) is 39.4 Å². The van der Waals surface area contributed by atoms with E-state index in [0.29, 0.717) is 29.2 Å². The van der Waals surface area contributed by atoms with Crippen LogP contribution in [0.25, 0.3) is 0 Å². The number of hydrogen-bond acceptors (Lipinski definition) is 6. The summed E-state index contributed by atoms with van der Waals surface area (Å²) in [5.74, 6) is 1.71. The minimum absolute atomic E-state index is 0.00293. The Morgan fingerprint density at radius 3 is 2.11 bits per heavy atom.